The summed E-state index contributed by atoms with van der Waals surface area (Å²) in [6.07, 6.45) is 2.34. The number of ether oxygens (including phenoxy) is 1. The number of thiocarbonyl (C=S) groups is 1. The van der Waals surface area contributed by atoms with Crippen molar-refractivity contribution in [2.24, 2.45) is 17.1 Å². The van der Waals surface area contributed by atoms with Crippen LogP contribution in [0.15, 0.2) is 0 Å². The molecule has 1 unspecified atom stereocenters. The average molecular weight is 231 g/mol. The van der Waals surface area contributed by atoms with Crippen LogP contribution < -0.4 is 5.73 Å². The summed E-state index contributed by atoms with van der Waals surface area (Å²) >= 11 is 5.01. The first-order valence-electron chi connectivity index (χ1n) is 5.69. The monoisotopic (exact) mass is 231 g/mol. The zero-order valence-electron chi connectivity index (χ0n) is 10.7. The van der Waals surface area contributed by atoms with E-state index in [-0.39, 0.29) is 5.41 Å². The zero-order valence-corrected chi connectivity index (χ0v) is 11.5. The molecule has 0 radical (unpaired) electrons. The lowest BCUT2D eigenvalue weighted by Crippen LogP contribution is -2.30. The second-order valence-electron chi connectivity index (χ2n) is 5.17. The maximum absolute atomic E-state index is 5.69. The maximum atomic E-state index is 5.69. The van der Waals surface area contributed by atoms with E-state index in [1.807, 2.05) is 0 Å². The third-order valence-corrected chi connectivity index (χ3v) is 3.49. The molecule has 0 spiro atoms. The molecule has 15 heavy (non-hydrogen) atoms. The quantitative estimate of drug-likeness (QED) is 0.540. The number of hydrogen-bond donors (Lipinski definition) is 1. The Morgan fingerprint density at radius 3 is 2.27 bits per heavy atom. The smallest absolute Gasteiger partial charge is 0.0784 e. The van der Waals surface area contributed by atoms with Gasteiger partial charge in [0.15, 0.2) is 0 Å². The van der Waals surface area contributed by atoms with Gasteiger partial charge in [-0.3, -0.25) is 0 Å². The first kappa shape index (κ1) is 14.8. The lowest BCUT2D eigenvalue weighted by atomic mass is 9.88. The molecule has 0 aromatic heterocycles. The molecule has 0 saturated carbocycles. The van der Waals surface area contributed by atoms with Crippen LogP contribution >= 0.6 is 12.2 Å². The Kier molecular flexibility index (Phi) is 6.37. The number of rotatable bonds is 7. The van der Waals surface area contributed by atoms with Gasteiger partial charge in [-0.05, 0) is 25.7 Å². The van der Waals surface area contributed by atoms with Crippen molar-refractivity contribution in [2.45, 2.75) is 53.6 Å². The van der Waals surface area contributed by atoms with Crippen LogP contribution in [-0.2, 0) is 4.74 Å². The van der Waals surface area contributed by atoms with Gasteiger partial charge < -0.3 is 10.5 Å². The molecule has 0 heterocycles. The first-order valence-corrected chi connectivity index (χ1v) is 6.09. The summed E-state index contributed by atoms with van der Waals surface area (Å²) in [5, 5.41) is 0. The van der Waals surface area contributed by atoms with Crippen LogP contribution in [0.4, 0.5) is 0 Å². The molecule has 0 rings (SSSR count). The van der Waals surface area contributed by atoms with Gasteiger partial charge >= 0.3 is 0 Å². The molecule has 0 aliphatic rings. The molecule has 0 aliphatic carbocycles. The van der Waals surface area contributed by atoms with Crippen molar-refractivity contribution in [3.63, 3.8) is 0 Å². The molecule has 0 aliphatic heterocycles. The molecule has 2 N–H and O–H groups in total. The van der Waals surface area contributed by atoms with Gasteiger partial charge in [0.05, 0.1) is 11.1 Å². The van der Waals surface area contributed by atoms with Crippen LogP contribution in [0.2, 0.25) is 0 Å². The minimum absolute atomic E-state index is 0.0419. The summed E-state index contributed by atoms with van der Waals surface area (Å²) in [7, 11) is 0. The normalized spacial score (nSPS) is 14.3. The molecular weight excluding hydrogens is 206 g/mol. The topological polar surface area (TPSA) is 35.2 Å². The van der Waals surface area contributed by atoms with Gasteiger partial charge in [0.1, 0.15) is 0 Å². The molecule has 2 nitrogen and oxygen atoms in total. The highest BCUT2D eigenvalue weighted by atomic mass is 32.1. The van der Waals surface area contributed by atoms with Crippen molar-refractivity contribution in [1.29, 1.82) is 0 Å². The predicted molar refractivity (Wildman–Crippen MR) is 70.1 cm³/mol. The third-order valence-electron chi connectivity index (χ3n) is 2.93. The lowest BCUT2D eigenvalue weighted by Gasteiger charge is -2.23. The van der Waals surface area contributed by atoms with E-state index in [9.17, 15) is 0 Å². The molecular formula is C12H25NOS. The highest BCUT2D eigenvalue weighted by molar-refractivity contribution is 7.80. The Bertz CT molecular complexity index is 202. The fraction of sp³-hybridized carbons (Fsp3) is 0.917. The van der Waals surface area contributed by atoms with E-state index in [1.165, 1.54) is 0 Å². The largest absolute Gasteiger partial charge is 0.393 e. The van der Waals surface area contributed by atoms with Crippen LogP contribution in [0.25, 0.3) is 0 Å². The van der Waals surface area contributed by atoms with Gasteiger partial charge in [0, 0.05) is 12.0 Å². The summed E-state index contributed by atoms with van der Waals surface area (Å²) in [6, 6.07) is 0. The molecule has 0 amide bonds. The van der Waals surface area contributed by atoms with E-state index in [0.717, 1.165) is 19.4 Å². The summed E-state index contributed by atoms with van der Waals surface area (Å²) in [5.74, 6) is 0.577. The summed E-state index contributed by atoms with van der Waals surface area (Å²) in [4.78, 5) is 0.597. The predicted octanol–water partition coefficient (Wildman–Crippen LogP) is 3.14. The van der Waals surface area contributed by atoms with Crippen molar-refractivity contribution in [1.82, 2.24) is 0 Å². The van der Waals surface area contributed by atoms with Crippen molar-refractivity contribution in [3.8, 4) is 0 Å². The molecule has 90 valence electrons. The lowest BCUT2D eigenvalue weighted by molar-refractivity contribution is 0.0312. The van der Waals surface area contributed by atoms with Crippen LogP contribution in [0.1, 0.15) is 47.5 Å². The zero-order chi connectivity index (χ0) is 12.1. The van der Waals surface area contributed by atoms with Crippen LogP contribution in [0.3, 0.4) is 0 Å². The van der Waals surface area contributed by atoms with E-state index in [4.69, 9.17) is 22.7 Å². The van der Waals surface area contributed by atoms with Gasteiger partial charge in [0.2, 0.25) is 0 Å². The van der Waals surface area contributed by atoms with E-state index < -0.39 is 0 Å². The Labute approximate surface area is 99.6 Å². The van der Waals surface area contributed by atoms with Crippen LogP contribution in [0, 0.1) is 11.3 Å². The fourth-order valence-corrected chi connectivity index (χ4v) is 1.20. The standard InChI is InChI=1S/C12H25NOS/c1-9(2)10(3)14-8-6-7-12(4,5)11(13)15/h9-10H,6-8H2,1-5H3,(H2,13,15). The molecule has 1 atom stereocenters. The Morgan fingerprint density at radius 2 is 1.87 bits per heavy atom. The minimum atomic E-state index is -0.0419. The fourth-order valence-electron chi connectivity index (χ4n) is 1.10. The Hall–Kier alpha value is -0.150. The van der Waals surface area contributed by atoms with Crippen molar-refractivity contribution < 1.29 is 4.74 Å². The van der Waals surface area contributed by atoms with E-state index in [0.29, 0.717) is 17.0 Å². The first-order chi connectivity index (χ1) is 6.77. The molecule has 0 aromatic carbocycles. The second kappa shape index (κ2) is 6.44. The molecule has 0 bridgehead atoms. The summed E-state index contributed by atoms with van der Waals surface area (Å²) in [6.45, 7) is 11.4. The second-order valence-corrected chi connectivity index (χ2v) is 5.61. The van der Waals surface area contributed by atoms with E-state index in [2.05, 4.69) is 34.6 Å². The third kappa shape index (κ3) is 6.10. The van der Waals surface area contributed by atoms with Gasteiger partial charge in [-0.15, -0.1) is 0 Å². The minimum Gasteiger partial charge on any atom is -0.393 e. The molecule has 0 fully saturated rings. The van der Waals surface area contributed by atoms with Crippen LogP contribution in [0.5, 0.6) is 0 Å². The van der Waals surface area contributed by atoms with E-state index >= 15 is 0 Å². The number of nitrogens with two attached hydrogens (primary N) is 1. The van der Waals surface area contributed by atoms with Crippen molar-refractivity contribution in [3.05, 3.63) is 0 Å². The van der Waals surface area contributed by atoms with Crippen LogP contribution in [-0.4, -0.2) is 17.7 Å². The average Bonchev–Trinajstić information content (AvgIpc) is 2.11. The number of hydrogen-bond acceptors (Lipinski definition) is 2. The SMILES string of the molecule is CC(C)C(C)OCCCC(C)(C)C(N)=S. The summed E-state index contributed by atoms with van der Waals surface area (Å²) in [5.41, 5.74) is 5.61. The highest BCUT2D eigenvalue weighted by Crippen LogP contribution is 2.22. The highest BCUT2D eigenvalue weighted by Gasteiger charge is 2.20. The van der Waals surface area contributed by atoms with E-state index in [1.54, 1.807) is 0 Å². The Balaban J connectivity index is 3.68. The Morgan fingerprint density at radius 1 is 1.33 bits per heavy atom. The van der Waals surface area contributed by atoms with Crippen molar-refractivity contribution in [2.75, 3.05) is 6.61 Å². The van der Waals surface area contributed by atoms with Gasteiger partial charge in [-0.2, -0.15) is 0 Å². The summed E-state index contributed by atoms with van der Waals surface area (Å²) < 4.78 is 5.69. The van der Waals surface area contributed by atoms with Gasteiger partial charge in [-0.25, -0.2) is 0 Å². The molecule has 0 aromatic rings. The molecule has 0 saturated heterocycles. The van der Waals surface area contributed by atoms with Crippen molar-refractivity contribution >= 4 is 17.2 Å². The van der Waals surface area contributed by atoms with Gasteiger partial charge in [-0.1, -0.05) is 39.9 Å². The molecule has 3 heteroatoms. The van der Waals surface area contributed by atoms with Gasteiger partial charge in [0.25, 0.3) is 0 Å². The maximum Gasteiger partial charge on any atom is 0.0784 e.